The molecule has 0 radical (unpaired) electrons. The van der Waals surface area contributed by atoms with Crippen molar-refractivity contribution in [2.75, 3.05) is 19.5 Å². The Labute approximate surface area is 124 Å². The zero-order valence-corrected chi connectivity index (χ0v) is 12.6. The molecular weight excluding hydrogens is 270 g/mol. The molecule has 3 nitrogen and oxygen atoms in total. The van der Waals surface area contributed by atoms with Gasteiger partial charge in [0.1, 0.15) is 11.5 Å². The summed E-state index contributed by atoms with van der Waals surface area (Å²) in [5.74, 6) is 1.67. The van der Waals surface area contributed by atoms with Crippen molar-refractivity contribution in [3.63, 3.8) is 0 Å². The fraction of sp³-hybridized carbons (Fsp3) is 0.250. The van der Waals surface area contributed by atoms with Crippen LogP contribution in [0.15, 0.2) is 52.3 Å². The zero-order valence-electron chi connectivity index (χ0n) is 11.8. The number of hydrogen-bond donors (Lipinski definition) is 1. The van der Waals surface area contributed by atoms with Gasteiger partial charge in [0, 0.05) is 21.5 Å². The third-order valence-electron chi connectivity index (χ3n) is 2.65. The first kappa shape index (κ1) is 14.6. The van der Waals surface area contributed by atoms with Crippen molar-refractivity contribution < 1.29 is 9.47 Å². The van der Waals surface area contributed by atoms with Gasteiger partial charge in [0.25, 0.3) is 0 Å². The van der Waals surface area contributed by atoms with Gasteiger partial charge in [0.05, 0.1) is 13.7 Å². The Kier molecular flexibility index (Phi) is 5.18. The minimum atomic E-state index is 0.701. The van der Waals surface area contributed by atoms with Crippen LogP contribution in [-0.2, 0) is 0 Å². The fourth-order valence-electron chi connectivity index (χ4n) is 1.76. The molecule has 2 N–H and O–H groups in total. The van der Waals surface area contributed by atoms with E-state index >= 15 is 0 Å². The lowest BCUT2D eigenvalue weighted by molar-refractivity contribution is 0.317. The predicted octanol–water partition coefficient (Wildman–Crippen LogP) is 4.22. The Balaban J connectivity index is 2.17. The van der Waals surface area contributed by atoms with Gasteiger partial charge < -0.3 is 15.2 Å². The van der Waals surface area contributed by atoms with E-state index in [1.54, 1.807) is 18.9 Å². The second kappa shape index (κ2) is 7.10. The normalized spacial score (nSPS) is 10.3. The van der Waals surface area contributed by atoms with E-state index in [1.165, 1.54) is 0 Å². The first-order valence-corrected chi connectivity index (χ1v) is 7.38. The predicted molar refractivity (Wildman–Crippen MR) is 83.8 cm³/mol. The van der Waals surface area contributed by atoms with Gasteiger partial charge in [-0.25, -0.2) is 0 Å². The number of benzene rings is 2. The third kappa shape index (κ3) is 4.10. The summed E-state index contributed by atoms with van der Waals surface area (Å²) in [5.41, 5.74) is 6.63. The molecule has 0 saturated carbocycles. The van der Waals surface area contributed by atoms with Crippen molar-refractivity contribution in [1.82, 2.24) is 0 Å². The van der Waals surface area contributed by atoms with Crippen LogP contribution in [0.2, 0.25) is 0 Å². The van der Waals surface area contributed by atoms with Crippen LogP contribution < -0.4 is 15.2 Å². The highest BCUT2D eigenvalue weighted by atomic mass is 32.2. The summed E-state index contributed by atoms with van der Waals surface area (Å²) in [6.07, 6.45) is 0.979. The maximum atomic E-state index is 5.92. The molecule has 0 bridgehead atoms. The van der Waals surface area contributed by atoms with Gasteiger partial charge >= 0.3 is 0 Å². The Bertz CT molecular complexity index is 572. The Morgan fingerprint density at radius 2 is 1.85 bits per heavy atom. The first-order valence-electron chi connectivity index (χ1n) is 6.56. The monoisotopic (exact) mass is 289 g/mol. The summed E-state index contributed by atoms with van der Waals surface area (Å²) >= 11 is 1.64. The fourth-order valence-corrected chi connectivity index (χ4v) is 2.72. The highest BCUT2D eigenvalue weighted by Gasteiger charge is 2.03. The number of hydrogen-bond acceptors (Lipinski definition) is 4. The van der Waals surface area contributed by atoms with Gasteiger partial charge in [0.15, 0.2) is 0 Å². The number of nitrogen functional groups attached to an aromatic ring is 1. The van der Waals surface area contributed by atoms with E-state index in [1.807, 2.05) is 42.5 Å². The summed E-state index contributed by atoms with van der Waals surface area (Å²) in [5, 5.41) is 0. The van der Waals surface area contributed by atoms with Gasteiger partial charge in [-0.05, 0) is 36.8 Å². The maximum absolute atomic E-state index is 5.92. The molecule has 0 amide bonds. The molecule has 0 heterocycles. The van der Waals surface area contributed by atoms with Crippen molar-refractivity contribution in [1.29, 1.82) is 0 Å². The number of nitrogens with two attached hydrogens (primary N) is 1. The van der Waals surface area contributed by atoms with Crippen LogP contribution in [0.5, 0.6) is 11.5 Å². The Hall–Kier alpha value is -1.81. The quantitative estimate of drug-likeness (QED) is 0.809. The van der Waals surface area contributed by atoms with Crippen LogP contribution in [0.25, 0.3) is 0 Å². The number of methoxy groups -OCH3 is 1. The number of anilines is 1. The molecule has 20 heavy (non-hydrogen) atoms. The number of rotatable bonds is 6. The molecule has 2 rings (SSSR count). The second-order valence-corrected chi connectivity index (χ2v) is 5.51. The summed E-state index contributed by atoms with van der Waals surface area (Å²) in [6, 6.07) is 13.8. The molecule has 0 atom stereocenters. The molecular formula is C16H19NO2S. The largest absolute Gasteiger partial charge is 0.497 e. The standard InChI is InChI=1S/C16H19NO2S/c1-3-7-19-14-8-12(17)9-16(11-14)20-15-6-4-5-13(10-15)18-2/h4-6,8-11H,3,7,17H2,1-2H3. The van der Waals surface area contributed by atoms with E-state index in [0.717, 1.165) is 27.7 Å². The molecule has 0 aromatic heterocycles. The van der Waals surface area contributed by atoms with Crippen LogP contribution in [0.3, 0.4) is 0 Å². The lowest BCUT2D eigenvalue weighted by atomic mass is 10.3. The molecule has 0 saturated heterocycles. The lowest BCUT2D eigenvalue weighted by Gasteiger charge is -2.09. The van der Waals surface area contributed by atoms with Crippen molar-refractivity contribution >= 4 is 17.4 Å². The molecule has 4 heteroatoms. The summed E-state index contributed by atoms with van der Waals surface area (Å²) in [6.45, 7) is 2.78. The molecule has 0 fully saturated rings. The molecule has 0 aliphatic heterocycles. The van der Waals surface area contributed by atoms with Crippen LogP contribution in [-0.4, -0.2) is 13.7 Å². The van der Waals surface area contributed by atoms with E-state index < -0.39 is 0 Å². The SMILES string of the molecule is CCCOc1cc(N)cc(Sc2cccc(OC)c2)c1. The van der Waals surface area contributed by atoms with Gasteiger partial charge in [-0.2, -0.15) is 0 Å². The highest BCUT2D eigenvalue weighted by molar-refractivity contribution is 7.99. The Morgan fingerprint density at radius 3 is 2.60 bits per heavy atom. The van der Waals surface area contributed by atoms with Crippen molar-refractivity contribution in [2.45, 2.75) is 23.1 Å². The summed E-state index contributed by atoms with van der Waals surface area (Å²) < 4.78 is 10.9. The van der Waals surface area contributed by atoms with Crippen molar-refractivity contribution in [3.05, 3.63) is 42.5 Å². The van der Waals surface area contributed by atoms with Crippen LogP contribution in [0, 0.1) is 0 Å². The topological polar surface area (TPSA) is 44.5 Å². The molecule has 0 unspecified atom stereocenters. The molecule has 106 valence electrons. The van der Waals surface area contributed by atoms with Crippen LogP contribution >= 0.6 is 11.8 Å². The highest BCUT2D eigenvalue weighted by Crippen LogP contribution is 2.33. The van der Waals surface area contributed by atoms with Gasteiger partial charge in [0.2, 0.25) is 0 Å². The van der Waals surface area contributed by atoms with E-state index in [2.05, 4.69) is 6.92 Å². The minimum absolute atomic E-state index is 0.701. The lowest BCUT2D eigenvalue weighted by Crippen LogP contribution is -1.96. The first-order chi connectivity index (χ1) is 9.71. The van der Waals surface area contributed by atoms with Crippen molar-refractivity contribution in [3.8, 4) is 11.5 Å². The Morgan fingerprint density at radius 1 is 1.05 bits per heavy atom. The van der Waals surface area contributed by atoms with E-state index in [4.69, 9.17) is 15.2 Å². The minimum Gasteiger partial charge on any atom is -0.497 e. The molecule has 0 aliphatic rings. The molecule has 0 aliphatic carbocycles. The average molecular weight is 289 g/mol. The van der Waals surface area contributed by atoms with E-state index in [-0.39, 0.29) is 0 Å². The van der Waals surface area contributed by atoms with Crippen molar-refractivity contribution in [2.24, 2.45) is 0 Å². The second-order valence-electron chi connectivity index (χ2n) is 4.37. The smallest absolute Gasteiger partial charge is 0.122 e. The summed E-state index contributed by atoms with van der Waals surface area (Å²) in [7, 11) is 1.67. The number of ether oxygens (including phenoxy) is 2. The van der Waals surface area contributed by atoms with E-state index in [0.29, 0.717) is 12.3 Å². The maximum Gasteiger partial charge on any atom is 0.122 e. The molecule has 2 aromatic carbocycles. The molecule has 2 aromatic rings. The van der Waals surface area contributed by atoms with E-state index in [9.17, 15) is 0 Å². The molecule has 0 spiro atoms. The average Bonchev–Trinajstić information content (AvgIpc) is 2.44. The van der Waals surface area contributed by atoms with Crippen LogP contribution in [0.4, 0.5) is 5.69 Å². The van der Waals surface area contributed by atoms with Gasteiger partial charge in [-0.1, -0.05) is 24.8 Å². The summed E-state index contributed by atoms with van der Waals surface area (Å²) in [4.78, 5) is 2.17. The zero-order chi connectivity index (χ0) is 14.4. The third-order valence-corrected chi connectivity index (χ3v) is 3.61. The van der Waals surface area contributed by atoms with Crippen LogP contribution in [0.1, 0.15) is 13.3 Å². The van der Waals surface area contributed by atoms with Gasteiger partial charge in [-0.15, -0.1) is 0 Å². The van der Waals surface area contributed by atoms with Gasteiger partial charge in [-0.3, -0.25) is 0 Å².